The van der Waals surface area contributed by atoms with E-state index in [1.807, 2.05) is 0 Å². The van der Waals surface area contributed by atoms with Crippen LogP contribution in [0, 0.1) is 0 Å². The lowest BCUT2D eigenvalue weighted by molar-refractivity contribution is -0.151. The van der Waals surface area contributed by atoms with Gasteiger partial charge in [-0.05, 0) is 11.8 Å². The van der Waals surface area contributed by atoms with Gasteiger partial charge in [-0.25, -0.2) is 0 Å². The fourth-order valence-corrected chi connectivity index (χ4v) is 3.51. The molecule has 0 aromatic rings. The van der Waals surface area contributed by atoms with Gasteiger partial charge < -0.3 is 37.0 Å². The molecule has 0 bridgehead atoms. The number of rotatable bonds is 8. The van der Waals surface area contributed by atoms with Gasteiger partial charge in [0.05, 0.1) is 11.8 Å². The van der Waals surface area contributed by atoms with Crippen LogP contribution in [0.1, 0.15) is 0 Å². The molecule has 0 fully saturated rings. The van der Waals surface area contributed by atoms with Gasteiger partial charge in [0.15, 0.2) is 6.23 Å². The van der Waals surface area contributed by atoms with Crippen molar-refractivity contribution in [3.05, 3.63) is 0 Å². The summed E-state index contributed by atoms with van der Waals surface area (Å²) in [5.74, 6) is -2.43. The molecule has 9 nitrogen and oxygen atoms in total. The second kappa shape index (κ2) is 7.99. The van der Waals surface area contributed by atoms with Gasteiger partial charge in [0.25, 0.3) is 5.12 Å². The largest absolute Gasteiger partial charge is 0.372 e. The minimum Gasteiger partial charge on any atom is -0.372 e. The third kappa shape index (κ3) is 9.04. The van der Waals surface area contributed by atoms with E-state index in [9.17, 15) is 4.79 Å². The summed E-state index contributed by atoms with van der Waals surface area (Å²) in [6.45, 7) is 0. The molecule has 0 aliphatic carbocycles. The van der Waals surface area contributed by atoms with Crippen LogP contribution in [0.25, 0.3) is 0 Å². The van der Waals surface area contributed by atoms with Crippen LogP contribution in [-0.4, -0.2) is 65.5 Å². The zero-order valence-electron chi connectivity index (χ0n) is 9.67. The second-order valence-electron chi connectivity index (χ2n) is 3.56. The van der Waals surface area contributed by atoms with E-state index in [2.05, 4.69) is 0 Å². The van der Waals surface area contributed by atoms with Gasteiger partial charge in [-0.2, -0.15) is 0 Å². The monoisotopic (exact) mass is 335 g/mol. The Balaban J connectivity index is 4.02. The number of nitrogens with two attached hydrogens (primary N) is 3. The summed E-state index contributed by atoms with van der Waals surface area (Å²) in [6.07, 6.45) is -2.02. The number of aliphatic hydroxyl groups excluding tert-OH is 1. The number of thioether (sulfide) groups is 1. The SMILES string of the molecule is NC(CSSCC(N)(O)O)C(=O)SC(O)(O)C(N)O. The Morgan fingerprint density at radius 2 is 1.68 bits per heavy atom. The van der Waals surface area contributed by atoms with E-state index >= 15 is 0 Å². The normalized spacial score (nSPS) is 16.2. The van der Waals surface area contributed by atoms with Gasteiger partial charge in [-0.1, -0.05) is 21.6 Å². The van der Waals surface area contributed by atoms with Crippen LogP contribution in [-0.2, 0) is 4.79 Å². The van der Waals surface area contributed by atoms with Crippen molar-refractivity contribution in [1.29, 1.82) is 0 Å². The van der Waals surface area contributed by atoms with E-state index in [0.29, 0.717) is 0 Å². The zero-order valence-corrected chi connectivity index (χ0v) is 12.1. The summed E-state index contributed by atoms with van der Waals surface area (Å²) >= 11 is 0.00782. The van der Waals surface area contributed by atoms with Gasteiger partial charge in [0, 0.05) is 5.75 Å². The van der Waals surface area contributed by atoms with E-state index in [1.54, 1.807) is 0 Å². The number of aliphatic hydroxyl groups is 5. The van der Waals surface area contributed by atoms with E-state index in [1.165, 1.54) is 0 Å². The summed E-state index contributed by atoms with van der Waals surface area (Å²) < 4.78 is 0. The molecule has 19 heavy (non-hydrogen) atoms. The van der Waals surface area contributed by atoms with Gasteiger partial charge >= 0.3 is 0 Å². The van der Waals surface area contributed by atoms with E-state index in [4.69, 9.17) is 42.7 Å². The average Bonchev–Trinajstić information content (AvgIpc) is 2.21. The maximum Gasteiger partial charge on any atom is 0.261 e. The maximum absolute atomic E-state index is 11.5. The Bertz CT molecular complexity index is 298. The number of hydrogen-bond acceptors (Lipinski definition) is 12. The van der Waals surface area contributed by atoms with Crippen molar-refractivity contribution in [2.24, 2.45) is 17.2 Å². The van der Waals surface area contributed by atoms with Crippen molar-refractivity contribution in [2.45, 2.75) is 23.3 Å². The minimum atomic E-state index is -2.81. The number of carbonyl (C=O) groups excluding carboxylic acids is 1. The lowest BCUT2D eigenvalue weighted by Gasteiger charge is -2.23. The Morgan fingerprint density at radius 1 is 1.16 bits per heavy atom. The van der Waals surface area contributed by atoms with Crippen molar-refractivity contribution in [3.63, 3.8) is 0 Å². The molecule has 0 aromatic carbocycles. The maximum atomic E-state index is 11.5. The predicted octanol–water partition coefficient (Wildman–Crippen LogP) is -3.53. The molecule has 11 N–H and O–H groups in total. The first-order chi connectivity index (χ1) is 8.46. The smallest absolute Gasteiger partial charge is 0.261 e. The highest BCUT2D eigenvalue weighted by Crippen LogP contribution is 2.27. The van der Waals surface area contributed by atoms with Gasteiger partial charge in [-0.15, -0.1) is 0 Å². The Morgan fingerprint density at radius 3 is 2.11 bits per heavy atom. The molecule has 114 valence electrons. The van der Waals surface area contributed by atoms with E-state index in [0.717, 1.165) is 21.6 Å². The second-order valence-corrected chi connectivity index (χ2v) is 7.27. The number of hydrogen-bond donors (Lipinski definition) is 8. The zero-order chi connectivity index (χ0) is 15.3. The van der Waals surface area contributed by atoms with Crippen molar-refractivity contribution in [1.82, 2.24) is 0 Å². The molecular weight excluding hydrogens is 318 g/mol. The Kier molecular flexibility index (Phi) is 8.16. The van der Waals surface area contributed by atoms with Gasteiger partial charge in [-0.3, -0.25) is 10.5 Å². The lowest BCUT2D eigenvalue weighted by Crippen LogP contribution is -2.47. The topological polar surface area (TPSA) is 196 Å². The Hall–Kier alpha value is 0.400. The molecule has 0 amide bonds. The Labute approximate surface area is 121 Å². The fraction of sp³-hybridized carbons (Fsp3) is 0.857. The van der Waals surface area contributed by atoms with E-state index in [-0.39, 0.29) is 23.3 Å². The molecule has 0 aliphatic heterocycles. The fourth-order valence-electron chi connectivity index (χ4n) is 0.602. The molecule has 0 rings (SSSR count). The van der Waals surface area contributed by atoms with Crippen LogP contribution < -0.4 is 17.2 Å². The summed E-state index contributed by atoms with van der Waals surface area (Å²) in [5, 5.41) is 41.1. The summed E-state index contributed by atoms with van der Waals surface area (Å²) in [6, 6.07) is -1.05. The molecular formula is C7H17N3O6S3. The van der Waals surface area contributed by atoms with E-state index < -0.39 is 28.4 Å². The van der Waals surface area contributed by atoms with Crippen LogP contribution in [0.2, 0.25) is 0 Å². The molecule has 0 saturated carbocycles. The third-order valence-corrected chi connectivity index (χ3v) is 5.05. The van der Waals surface area contributed by atoms with Crippen molar-refractivity contribution >= 4 is 38.5 Å². The van der Waals surface area contributed by atoms with Crippen LogP contribution in [0.4, 0.5) is 0 Å². The average molecular weight is 335 g/mol. The van der Waals surface area contributed by atoms with Crippen molar-refractivity contribution in [3.8, 4) is 0 Å². The molecule has 0 spiro atoms. The first-order valence-electron chi connectivity index (χ1n) is 4.80. The van der Waals surface area contributed by atoms with Crippen LogP contribution in [0.5, 0.6) is 0 Å². The van der Waals surface area contributed by atoms with Crippen LogP contribution >= 0.6 is 33.3 Å². The van der Waals surface area contributed by atoms with Crippen LogP contribution in [0.3, 0.4) is 0 Å². The van der Waals surface area contributed by atoms with Crippen LogP contribution in [0.15, 0.2) is 0 Å². The molecule has 0 radical (unpaired) electrons. The van der Waals surface area contributed by atoms with Crippen molar-refractivity contribution < 1.29 is 30.3 Å². The molecule has 0 heterocycles. The molecule has 2 unspecified atom stereocenters. The summed E-state index contributed by atoms with van der Waals surface area (Å²) in [5.41, 5.74) is 15.2. The molecule has 0 aromatic heterocycles. The highest BCUT2D eigenvalue weighted by Gasteiger charge is 2.36. The van der Waals surface area contributed by atoms with Crippen molar-refractivity contribution in [2.75, 3.05) is 11.5 Å². The molecule has 0 aliphatic rings. The van der Waals surface area contributed by atoms with Gasteiger partial charge in [0.1, 0.15) is 0 Å². The molecule has 0 saturated heterocycles. The minimum absolute atomic E-state index is 0.00782. The lowest BCUT2D eigenvalue weighted by atomic mass is 10.4. The third-order valence-electron chi connectivity index (χ3n) is 1.54. The quantitative estimate of drug-likeness (QED) is 0.124. The first kappa shape index (κ1) is 19.4. The predicted molar refractivity (Wildman–Crippen MR) is 74.2 cm³/mol. The molecule has 12 heteroatoms. The highest BCUT2D eigenvalue weighted by atomic mass is 33.1. The highest BCUT2D eigenvalue weighted by molar-refractivity contribution is 8.76. The summed E-state index contributed by atoms with van der Waals surface area (Å²) in [7, 11) is 2.03. The first-order valence-corrected chi connectivity index (χ1v) is 8.11. The standard InChI is InChI=1S/C7H17N3O6S3/c8-3(1-17-18-2-6(10,13)14)4(11)19-7(15,16)5(9)12/h3,5,12-16H,1-2,8-10H2. The number of carbonyl (C=O) groups is 1. The van der Waals surface area contributed by atoms with Gasteiger partial charge in [0.2, 0.25) is 11.0 Å². The molecule has 2 atom stereocenters. The summed E-state index contributed by atoms with van der Waals surface area (Å²) in [4.78, 5) is 11.5.